The van der Waals surface area contributed by atoms with Crippen molar-refractivity contribution in [2.75, 3.05) is 20.3 Å². The molecule has 3 heteroatoms. The molecule has 0 aromatic rings. The highest BCUT2D eigenvalue weighted by Gasteiger charge is 2.40. The molecule has 0 spiro atoms. The Bertz CT molecular complexity index is 258. The van der Waals surface area contributed by atoms with Crippen molar-refractivity contribution in [3.05, 3.63) is 0 Å². The Morgan fingerprint density at radius 2 is 2.10 bits per heavy atom. The minimum atomic E-state index is 0.103. The summed E-state index contributed by atoms with van der Waals surface area (Å²) in [5, 5.41) is 3.76. The van der Waals surface area contributed by atoms with E-state index in [4.69, 9.17) is 9.47 Å². The molecule has 3 nitrogen and oxygen atoms in total. The summed E-state index contributed by atoms with van der Waals surface area (Å²) in [4.78, 5) is 0. The Balaban J connectivity index is 1.82. The van der Waals surface area contributed by atoms with Crippen LogP contribution in [0.15, 0.2) is 0 Å². The lowest BCUT2D eigenvalue weighted by Gasteiger charge is -2.37. The summed E-state index contributed by atoms with van der Waals surface area (Å²) in [6.07, 6.45) is 13.1. The fourth-order valence-corrected chi connectivity index (χ4v) is 3.96. The van der Waals surface area contributed by atoms with Crippen LogP contribution in [-0.2, 0) is 9.47 Å². The smallest absolute Gasteiger partial charge is 0.0830 e. The van der Waals surface area contributed by atoms with Crippen LogP contribution in [-0.4, -0.2) is 38.0 Å². The molecule has 2 aliphatic rings. The van der Waals surface area contributed by atoms with Gasteiger partial charge in [-0.25, -0.2) is 0 Å². The summed E-state index contributed by atoms with van der Waals surface area (Å²) in [7, 11) is 1.91. The number of nitrogens with one attached hydrogen (secondary N) is 1. The first-order valence-corrected chi connectivity index (χ1v) is 8.71. The summed E-state index contributed by atoms with van der Waals surface area (Å²) < 4.78 is 11.7. The Kier molecular flexibility index (Phi) is 6.79. The molecule has 1 heterocycles. The van der Waals surface area contributed by atoms with Crippen LogP contribution in [0.2, 0.25) is 0 Å². The fourth-order valence-electron chi connectivity index (χ4n) is 3.96. The lowest BCUT2D eigenvalue weighted by Crippen LogP contribution is -2.50. The van der Waals surface area contributed by atoms with Crippen LogP contribution in [0.1, 0.15) is 71.1 Å². The van der Waals surface area contributed by atoms with Gasteiger partial charge in [-0.1, -0.05) is 19.8 Å². The molecule has 2 atom stereocenters. The summed E-state index contributed by atoms with van der Waals surface area (Å²) in [6, 6.07) is 0.524. The normalized spacial score (nSPS) is 27.0. The zero-order valence-corrected chi connectivity index (χ0v) is 13.5. The van der Waals surface area contributed by atoms with Crippen LogP contribution in [0, 0.1) is 0 Å². The molecule has 0 radical (unpaired) electrons. The molecule has 0 amide bonds. The lowest BCUT2D eigenvalue weighted by atomic mass is 9.87. The SMILES string of the molecule is CCCNC(CCCC1CCCO1)C1(OC)CCCC1. The molecule has 118 valence electrons. The van der Waals surface area contributed by atoms with Crippen LogP contribution in [0.4, 0.5) is 0 Å². The van der Waals surface area contributed by atoms with Crippen molar-refractivity contribution in [1.29, 1.82) is 0 Å². The molecule has 1 aliphatic carbocycles. The molecule has 1 saturated heterocycles. The van der Waals surface area contributed by atoms with Gasteiger partial charge < -0.3 is 14.8 Å². The number of hydrogen-bond donors (Lipinski definition) is 1. The zero-order valence-electron chi connectivity index (χ0n) is 13.5. The van der Waals surface area contributed by atoms with Crippen LogP contribution in [0.3, 0.4) is 0 Å². The third-order valence-electron chi connectivity index (χ3n) is 5.18. The van der Waals surface area contributed by atoms with Crippen molar-refractivity contribution in [3.63, 3.8) is 0 Å². The second-order valence-corrected chi connectivity index (χ2v) is 6.55. The first-order chi connectivity index (χ1) is 9.80. The molecular weight excluding hydrogens is 250 g/mol. The molecule has 0 aromatic heterocycles. The molecule has 0 bridgehead atoms. The Morgan fingerprint density at radius 1 is 1.30 bits per heavy atom. The summed E-state index contributed by atoms with van der Waals surface area (Å²) in [5.74, 6) is 0. The average molecular weight is 283 g/mol. The predicted octanol–water partition coefficient (Wildman–Crippen LogP) is 3.66. The Hall–Kier alpha value is -0.120. The average Bonchev–Trinajstić information content (AvgIpc) is 3.14. The van der Waals surface area contributed by atoms with Gasteiger partial charge in [0.2, 0.25) is 0 Å². The first kappa shape index (κ1) is 16.3. The van der Waals surface area contributed by atoms with E-state index in [1.165, 1.54) is 64.2 Å². The van der Waals surface area contributed by atoms with Gasteiger partial charge in [0.15, 0.2) is 0 Å². The predicted molar refractivity (Wildman–Crippen MR) is 83.1 cm³/mol. The molecule has 2 rings (SSSR count). The highest BCUT2D eigenvalue weighted by atomic mass is 16.5. The highest BCUT2D eigenvalue weighted by molar-refractivity contribution is 4.96. The van der Waals surface area contributed by atoms with Crippen LogP contribution < -0.4 is 5.32 Å². The first-order valence-electron chi connectivity index (χ1n) is 8.71. The van der Waals surface area contributed by atoms with Crippen molar-refractivity contribution < 1.29 is 9.47 Å². The van der Waals surface area contributed by atoms with Gasteiger partial charge in [0, 0.05) is 19.8 Å². The van der Waals surface area contributed by atoms with Crippen molar-refractivity contribution in [2.45, 2.75) is 88.9 Å². The number of ether oxygens (including phenoxy) is 2. The molecule has 20 heavy (non-hydrogen) atoms. The van der Waals surface area contributed by atoms with Crippen molar-refractivity contribution in [2.24, 2.45) is 0 Å². The van der Waals surface area contributed by atoms with E-state index in [0.29, 0.717) is 12.1 Å². The van der Waals surface area contributed by atoms with Crippen LogP contribution in [0.25, 0.3) is 0 Å². The third-order valence-corrected chi connectivity index (χ3v) is 5.18. The molecule has 2 unspecified atom stereocenters. The maximum Gasteiger partial charge on any atom is 0.0830 e. The maximum absolute atomic E-state index is 5.99. The van der Waals surface area contributed by atoms with E-state index >= 15 is 0 Å². The second-order valence-electron chi connectivity index (χ2n) is 6.55. The monoisotopic (exact) mass is 283 g/mol. The molecule has 2 fully saturated rings. The quantitative estimate of drug-likeness (QED) is 0.700. The Morgan fingerprint density at radius 3 is 2.70 bits per heavy atom. The summed E-state index contributed by atoms with van der Waals surface area (Å²) in [5.41, 5.74) is 0.103. The molecule has 0 aromatic carbocycles. The second kappa shape index (κ2) is 8.35. The largest absolute Gasteiger partial charge is 0.378 e. The van der Waals surface area contributed by atoms with Gasteiger partial charge in [-0.05, 0) is 57.9 Å². The van der Waals surface area contributed by atoms with Crippen molar-refractivity contribution in [3.8, 4) is 0 Å². The Labute approximate surface area is 124 Å². The minimum absolute atomic E-state index is 0.103. The van der Waals surface area contributed by atoms with E-state index in [1.807, 2.05) is 7.11 Å². The van der Waals surface area contributed by atoms with E-state index in [9.17, 15) is 0 Å². The van der Waals surface area contributed by atoms with Crippen molar-refractivity contribution >= 4 is 0 Å². The van der Waals surface area contributed by atoms with Gasteiger partial charge in [0.1, 0.15) is 0 Å². The van der Waals surface area contributed by atoms with Crippen LogP contribution >= 0.6 is 0 Å². The van der Waals surface area contributed by atoms with Gasteiger partial charge in [-0.2, -0.15) is 0 Å². The highest BCUT2D eigenvalue weighted by Crippen LogP contribution is 2.37. The molecular formula is C17H33NO2. The topological polar surface area (TPSA) is 30.5 Å². The van der Waals surface area contributed by atoms with Crippen LogP contribution in [0.5, 0.6) is 0 Å². The fraction of sp³-hybridized carbons (Fsp3) is 1.00. The van der Waals surface area contributed by atoms with Crippen molar-refractivity contribution in [1.82, 2.24) is 5.32 Å². The number of methoxy groups -OCH3 is 1. The zero-order chi connectivity index (χ0) is 14.3. The van der Waals surface area contributed by atoms with Gasteiger partial charge in [-0.3, -0.25) is 0 Å². The van der Waals surface area contributed by atoms with E-state index in [1.54, 1.807) is 0 Å². The van der Waals surface area contributed by atoms with Gasteiger partial charge in [0.25, 0.3) is 0 Å². The summed E-state index contributed by atoms with van der Waals surface area (Å²) in [6.45, 7) is 4.32. The van der Waals surface area contributed by atoms with Gasteiger partial charge >= 0.3 is 0 Å². The molecule has 1 saturated carbocycles. The number of hydrogen-bond acceptors (Lipinski definition) is 3. The van der Waals surface area contributed by atoms with Gasteiger partial charge in [0.05, 0.1) is 11.7 Å². The third kappa shape index (κ3) is 4.19. The standard InChI is InChI=1S/C17H33NO2/c1-3-13-18-16(17(19-2)11-4-5-12-17)10-6-8-15-9-7-14-20-15/h15-16,18H,3-14H2,1-2H3. The maximum atomic E-state index is 5.99. The molecule has 1 aliphatic heterocycles. The minimum Gasteiger partial charge on any atom is -0.378 e. The molecule has 1 N–H and O–H groups in total. The van der Waals surface area contributed by atoms with E-state index < -0.39 is 0 Å². The van der Waals surface area contributed by atoms with E-state index in [0.717, 1.165) is 13.2 Å². The lowest BCUT2D eigenvalue weighted by molar-refractivity contribution is -0.0390. The van der Waals surface area contributed by atoms with Gasteiger partial charge in [-0.15, -0.1) is 0 Å². The number of rotatable bonds is 9. The summed E-state index contributed by atoms with van der Waals surface area (Å²) >= 11 is 0. The van der Waals surface area contributed by atoms with E-state index in [2.05, 4.69) is 12.2 Å². The van der Waals surface area contributed by atoms with E-state index in [-0.39, 0.29) is 5.60 Å².